The molecule has 4 aromatic rings. The Morgan fingerprint density at radius 1 is 1.19 bits per heavy atom. The van der Waals surface area contributed by atoms with Gasteiger partial charge in [0.1, 0.15) is 16.1 Å². The zero-order valence-corrected chi connectivity index (χ0v) is 22.6. The molecule has 0 bridgehead atoms. The Hall–Kier alpha value is -2.97. The number of rotatable bonds is 8. The van der Waals surface area contributed by atoms with Gasteiger partial charge in [0.05, 0.1) is 34.1 Å². The fraction of sp³-hybridized carbons (Fsp3) is 0.231. The van der Waals surface area contributed by atoms with Crippen molar-refractivity contribution in [1.29, 1.82) is 5.26 Å². The van der Waals surface area contributed by atoms with Crippen LogP contribution in [-0.4, -0.2) is 29.2 Å². The van der Waals surface area contributed by atoms with Gasteiger partial charge in [-0.05, 0) is 60.7 Å². The highest BCUT2D eigenvalue weighted by molar-refractivity contribution is 8.00. The van der Waals surface area contributed by atoms with Crippen molar-refractivity contribution >= 4 is 62.6 Å². The molecule has 0 atom stereocenters. The monoisotopic (exact) mass is 551 g/mol. The second kappa shape index (κ2) is 11.0. The van der Waals surface area contributed by atoms with E-state index in [0.717, 1.165) is 50.7 Å². The third-order valence-electron chi connectivity index (χ3n) is 5.65. The number of nitriles is 1. The molecule has 10 heteroatoms. The highest BCUT2D eigenvalue weighted by Gasteiger charge is 2.28. The summed E-state index contributed by atoms with van der Waals surface area (Å²) in [5, 5.41) is 17.9. The zero-order valence-electron chi connectivity index (χ0n) is 19.3. The number of hydrogen-bond donors (Lipinski definition) is 1. The van der Waals surface area contributed by atoms with Crippen molar-refractivity contribution in [2.75, 3.05) is 17.7 Å². The predicted molar refractivity (Wildman–Crippen MR) is 147 cm³/mol. The van der Waals surface area contributed by atoms with Gasteiger partial charge >= 0.3 is 5.97 Å². The van der Waals surface area contributed by atoms with Crippen molar-refractivity contribution in [3.8, 4) is 27.1 Å². The van der Waals surface area contributed by atoms with Gasteiger partial charge in [0.15, 0.2) is 0 Å². The Labute approximate surface area is 225 Å². The van der Waals surface area contributed by atoms with Crippen LogP contribution in [0.25, 0.3) is 21.0 Å². The number of anilines is 1. The zero-order chi connectivity index (χ0) is 25.1. The lowest BCUT2D eigenvalue weighted by Gasteiger charge is -2.11. The lowest BCUT2D eigenvalue weighted by atomic mass is 10.1. The highest BCUT2D eigenvalue weighted by atomic mass is 32.2. The summed E-state index contributed by atoms with van der Waals surface area (Å²) < 4.78 is 5.26. The molecule has 0 unspecified atom stereocenters. The average molecular weight is 552 g/mol. The van der Waals surface area contributed by atoms with E-state index in [0.29, 0.717) is 21.2 Å². The van der Waals surface area contributed by atoms with E-state index in [1.807, 2.05) is 41.1 Å². The molecule has 0 spiro atoms. The van der Waals surface area contributed by atoms with Crippen LogP contribution < -0.4 is 5.32 Å². The number of carbonyl (C=O) groups excluding carboxylic acids is 2. The molecular formula is C26H21N3O3S4. The van der Waals surface area contributed by atoms with E-state index in [-0.39, 0.29) is 18.3 Å². The first-order valence-electron chi connectivity index (χ1n) is 11.4. The van der Waals surface area contributed by atoms with Crippen LogP contribution in [0.3, 0.4) is 0 Å². The molecule has 0 saturated carbocycles. The normalized spacial score (nSPS) is 12.2. The van der Waals surface area contributed by atoms with Gasteiger partial charge in [0, 0.05) is 15.3 Å². The number of thiophene rings is 3. The number of fused-ring (bicyclic) bond motifs is 1. The van der Waals surface area contributed by atoms with Crippen LogP contribution >= 0.6 is 45.8 Å². The number of aryl methyl sites for hydroxylation is 1. The predicted octanol–water partition coefficient (Wildman–Crippen LogP) is 6.87. The van der Waals surface area contributed by atoms with E-state index in [1.54, 1.807) is 29.6 Å². The molecular weight excluding hydrogens is 531 g/mol. The summed E-state index contributed by atoms with van der Waals surface area (Å²) in [7, 11) is 0. The molecule has 0 saturated heterocycles. The van der Waals surface area contributed by atoms with E-state index < -0.39 is 5.97 Å². The Morgan fingerprint density at radius 3 is 2.67 bits per heavy atom. The minimum Gasteiger partial charge on any atom is -0.462 e. The van der Waals surface area contributed by atoms with Crippen molar-refractivity contribution in [3.05, 3.63) is 62.7 Å². The highest BCUT2D eigenvalue weighted by Crippen LogP contribution is 2.40. The molecule has 6 nitrogen and oxygen atoms in total. The van der Waals surface area contributed by atoms with E-state index >= 15 is 0 Å². The van der Waals surface area contributed by atoms with Gasteiger partial charge in [-0.1, -0.05) is 23.9 Å². The van der Waals surface area contributed by atoms with Crippen LogP contribution in [-0.2, 0) is 22.4 Å². The van der Waals surface area contributed by atoms with Gasteiger partial charge in [-0.2, -0.15) is 5.26 Å². The maximum Gasteiger partial charge on any atom is 0.341 e. The number of aromatic nitrogens is 1. The average Bonchev–Trinajstić information content (AvgIpc) is 3.67. The first kappa shape index (κ1) is 24.7. The van der Waals surface area contributed by atoms with Crippen LogP contribution in [0.15, 0.2) is 46.1 Å². The molecule has 1 aliphatic carbocycles. The summed E-state index contributed by atoms with van der Waals surface area (Å²) in [6.07, 6.45) is 2.74. The summed E-state index contributed by atoms with van der Waals surface area (Å²) >= 11 is 5.82. The van der Waals surface area contributed by atoms with Crippen LogP contribution in [0, 0.1) is 11.3 Å². The smallest absolute Gasteiger partial charge is 0.341 e. The van der Waals surface area contributed by atoms with E-state index in [1.165, 1.54) is 23.1 Å². The first-order chi connectivity index (χ1) is 17.6. The minimum absolute atomic E-state index is 0.0598. The lowest BCUT2D eigenvalue weighted by Crippen LogP contribution is -2.17. The number of amides is 1. The Balaban J connectivity index is 1.41. The quantitative estimate of drug-likeness (QED) is 0.190. The van der Waals surface area contributed by atoms with Gasteiger partial charge in [0.25, 0.3) is 0 Å². The number of esters is 1. The van der Waals surface area contributed by atoms with Gasteiger partial charge in [-0.25, -0.2) is 9.78 Å². The van der Waals surface area contributed by atoms with E-state index in [9.17, 15) is 14.9 Å². The van der Waals surface area contributed by atoms with Gasteiger partial charge < -0.3 is 10.1 Å². The number of nitrogens with one attached hydrogen (secondary N) is 1. The van der Waals surface area contributed by atoms with Gasteiger partial charge in [-0.15, -0.1) is 34.0 Å². The molecule has 182 valence electrons. The number of thioether (sulfide) groups is 1. The van der Waals surface area contributed by atoms with Crippen molar-refractivity contribution in [2.24, 2.45) is 0 Å². The number of nitrogens with zero attached hydrogens (tertiary/aromatic N) is 2. The Morgan fingerprint density at radius 2 is 1.97 bits per heavy atom. The molecule has 4 heterocycles. The molecule has 0 radical (unpaired) electrons. The van der Waals surface area contributed by atoms with E-state index in [2.05, 4.69) is 11.4 Å². The van der Waals surface area contributed by atoms with Gasteiger partial charge in [0.2, 0.25) is 5.91 Å². The standard InChI is InChI=1S/C26H21N3O3S4/c1-2-32-26(31)23-15-6-3-7-20(15)36-25(23)29-22(30)14-35-24-17(13-27)16(19-8-4-10-33-19)12-18(28-24)21-9-5-11-34-21/h4-5,8-12H,2-3,6-7,14H2,1H3,(H,29,30). The van der Waals surface area contributed by atoms with Crippen molar-refractivity contribution < 1.29 is 14.3 Å². The minimum atomic E-state index is -0.391. The molecule has 36 heavy (non-hydrogen) atoms. The molecule has 1 aliphatic rings. The fourth-order valence-corrected chi connectivity index (χ4v) is 7.65. The number of carbonyl (C=O) groups is 2. The number of hydrogen-bond acceptors (Lipinski definition) is 9. The molecule has 4 aromatic heterocycles. The topological polar surface area (TPSA) is 92.1 Å². The second-order valence-corrected chi connectivity index (χ2v) is 11.9. The molecule has 0 aliphatic heterocycles. The van der Waals surface area contributed by atoms with Crippen LogP contribution in [0.4, 0.5) is 5.00 Å². The van der Waals surface area contributed by atoms with Crippen LogP contribution in [0.2, 0.25) is 0 Å². The first-order valence-corrected chi connectivity index (χ1v) is 14.9. The number of pyridine rings is 1. The summed E-state index contributed by atoms with van der Waals surface area (Å²) in [6.45, 7) is 2.05. The fourth-order valence-electron chi connectivity index (χ4n) is 4.12. The van der Waals surface area contributed by atoms with Crippen LogP contribution in [0.5, 0.6) is 0 Å². The molecule has 0 aromatic carbocycles. The summed E-state index contributed by atoms with van der Waals surface area (Å²) in [6, 6.07) is 12.1. The molecule has 1 amide bonds. The summed E-state index contributed by atoms with van der Waals surface area (Å²) in [4.78, 5) is 33.5. The summed E-state index contributed by atoms with van der Waals surface area (Å²) in [5.74, 6) is -0.586. The van der Waals surface area contributed by atoms with E-state index in [4.69, 9.17) is 9.72 Å². The summed E-state index contributed by atoms with van der Waals surface area (Å²) in [5.41, 5.74) is 3.53. The Kier molecular flexibility index (Phi) is 7.53. The third-order valence-corrected chi connectivity index (χ3v) is 9.63. The van der Waals surface area contributed by atoms with Crippen LogP contribution in [0.1, 0.15) is 39.7 Å². The molecule has 0 fully saturated rings. The lowest BCUT2D eigenvalue weighted by molar-refractivity contribution is -0.113. The molecule has 5 rings (SSSR count). The largest absolute Gasteiger partial charge is 0.462 e. The van der Waals surface area contributed by atoms with Gasteiger partial charge in [-0.3, -0.25) is 4.79 Å². The third kappa shape index (κ3) is 4.97. The Bertz CT molecular complexity index is 1450. The maximum absolute atomic E-state index is 13.0. The second-order valence-electron chi connectivity index (χ2n) is 7.92. The molecule has 1 N–H and O–H groups in total. The number of ether oxygens (including phenoxy) is 1. The van der Waals surface area contributed by atoms with Crippen molar-refractivity contribution in [1.82, 2.24) is 4.98 Å². The van der Waals surface area contributed by atoms with Crippen molar-refractivity contribution in [2.45, 2.75) is 31.2 Å². The SMILES string of the molecule is CCOC(=O)c1c(NC(=O)CSc2nc(-c3cccs3)cc(-c3cccs3)c2C#N)sc2c1CCC2. The van der Waals surface area contributed by atoms with Crippen molar-refractivity contribution in [3.63, 3.8) is 0 Å². The maximum atomic E-state index is 13.0.